The van der Waals surface area contributed by atoms with Crippen LogP contribution < -0.4 is 10.1 Å². The quantitative estimate of drug-likeness (QED) is 0.662. The first kappa shape index (κ1) is 18.4. The van der Waals surface area contributed by atoms with Gasteiger partial charge in [-0.15, -0.1) is 0 Å². The lowest BCUT2D eigenvalue weighted by molar-refractivity contribution is -0.384. The van der Waals surface area contributed by atoms with Crippen LogP contribution in [0.1, 0.15) is 42.4 Å². The van der Waals surface area contributed by atoms with Gasteiger partial charge in [0.1, 0.15) is 5.75 Å². The topological polar surface area (TPSA) is 99.3 Å². The molecule has 2 aromatic rings. The molecule has 1 aromatic heterocycles. The second kappa shape index (κ2) is 6.92. The molecule has 0 bridgehead atoms. The van der Waals surface area contributed by atoms with E-state index in [0.29, 0.717) is 22.6 Å². The number of non-ortho nitro benzene ring substituents is 1. The molecule has 0 atom stereocenters. The number of benzene rings is 1. The Morgan fingerprint density at radius 1 is 1.40 bits per heavy atom. The van der Waals surface area contributed by atoms with Crippen LogP contribution in [-0.2, 0) is 19.0 Å². The van der Waals surface area contributed by atoms with Gasteiger partial charge in [0.2, 0.25) is 0 Å². The highest BCUT2D eigenvalue weighted by Gasteiger charge is 2.25. The molecule has 0 saturated carbocycles. The van der Waals surface area contributed by atoms with Gasteiger partial charge in [-0.05, 0) is 6.07 Å². The van der Waals surface area contributed by atoms with Crippen LogP contribution in [-0.4, -0.2) is 27.7 Å². The number of nitro benzene ring substituents is 1. The average Bonchev–Trinajstić information content (AvgIpc) is 2.94. The van der Waals surface area contributed by atoms with Gasteiger partial charge in [0, 0.05) is 42.9 Å². The standard InChI is InChI=1S/C17H22N4O4/c1-17(2,3)15-13(10-20(4)19-15)16(22)18-9-11-8-12(21(23)24)6-7-14(11)25-5/h6-8,10H,9H2,1-5H3,(H,18,22). The van der Waals surface area contributed by atoms with E-state index >= 15 is 0 Å². The number of methoxy groups -OCH3 is 1. The SMILES string of the molecule is COc1ccc([N+](=O)[O-])cc1CNC(=O)c1cn(C)nc1C(C)(C)C. The normalized spacial score (nSPS) is 11.2. The third-order valence-corrected chi connectivity index (χ3v) is 3.70. The highest BCUT2D eigenvalue weighted by atomic mass is 16.6. The number of amides is 1. The van der Waals surface area contributed by atoms with Crippen LogP contribution in [0.3, 0.4) is 0 Å². The number of nitrogens with one attached hydrogen (secondary N) is 1. The third-order valence-electron chi connectivity index (χ3n) is 3.70. The summed E-state index contributed by atoms with van der Waals surface area (Å²) in [4.78, 5) is 23.0. The number of ether oxygens (including phenoxy) is 1. The van der Waals surface area contributed by atoms with Gasteiger partial charge in [0.25, 0.3) is 11.6 Å². The Morgan fingerprint density at radius 2 is 2.08 bits per heavy atom. The predicted molar refractivity (Wildman–Crippen MR) is 92.7 cm³/mol. The van der Waals surface area contributed by atoms with Gasteiger partial charge in [-0.3, -0.25) is 19.6 Å². The molecule has 2 rings (SSSR count). The monoisotopic (exact) mass is 346 g/mol. The van der Waals surface area contributed by atoms with E-state index in [2.05, 4.69) is 10.4 Å². The number of nitrogens with zero attached hydrogens (tertiary/aromatic N) is 3. The summed E-state index contributed by atoms with van der Waals surface area (Å²) in [6.07, 6.45) is 1.67. The number of aromatic nitrogens is 2. The Bertz CT molecular complexity index is 805. The summed E-state index contributed by atoms with van der Waals surface area (Å²) < 4.78 is 6.81. The molecule has 0 aliphatic rings. The zero-order valence-corrected chi connectivity index (χ0v) is 15.0. The summed E-state index contributed by atoms with van der Waals surface area (Å²) in [7, 11) is 3.24. The number of carbonyl (C=O) groups excluding carboxylic acids is 1. The van der Waals surface area contributed by atoms with Crippen molar-refractivity contribution in [1.29, 1.82) is 0 Å². The third kappa shape index (κ3) is 4.14. The minimum atomic E-state index is -0.483. The Morgan fingerprint density at radius 3 is 2.64 bits per heavy atom. The highest BCUT2D eigenvalue weighted by Crippen LogP contribution is 2.26. The van der Waals surface area contributed by atoms with Gasteiger partial charge < -0.3 is 10.1 Å². The highest BCUT2D eigenvalue weighted by molar-refractivity contribution is 5.95. The van der Waals surface area contributed by atoms with Crippen LogP contribution in [0.25, 0.3) is 0 Å². The zero-order valence-electron chi connectivity index (χ0n) is 15.0. The lowest BCUT2D eigenvalue weighted by Gasteiger charge is -2.17. The number of hydrogen-bond acceptors (Lipinski definition) is 5. The Hall–Kier alpha value is -2.90. The van der Waals surface area contributed by atoms with Crippen molar-refractivity contribution in [1.82, 2.24) is 15.1 Å². The van der Waals surface area contributed by atoms with Gasteiger partial charge in [0.05, 0.1) is 23.3 Å². The lowest BCUT2D eigenvalue weighted by Crippen LogP contribution is -2.26. The summed E-state index contributed by atoms with van der Waals surface area (Å²) in [5.41, 5.74) is 1.38. The first-order chi connectivity index (χ1) is 11.6. The molecule has 8 nitrogen and oxygen atoms in total. The van der Waals surface area contributed by atoms with E-state index in [9.17, 15) is 14.9 Å². The van der Waals surface area contributed by atoms with Crippen LogP contribution in [0.5, 0.6) is 5.75 Å². The molecule has 1 heterocycles. The number of carbonyl (C=O) groups is 1. The molecule has 0 spiro atoms. The van der Waals surface area contributed by atoms with Crippen molar-refractivity contribution >= 4 is 11.6 Å². The molecule has 0 aliphatic heterocycles. The number of rotatable bonds is 5. The number of aryl methyl sites for hydroxylation is 1. The van der Waals surface area contributed by atoms with Crippen molar-refractivity contribution in [3.63, 3.8) is 0 Å². The maximum atomic E-state index is 12.6. The lowest BCUT2D eigenvalue weighted by atomic mass is 9.89. The molecular formula is C17H22N4O4. The summed E-state index contributed by atoms with van der Waals surface area (Å²) in [6.45, 7) is 6.06. The predicted octanol–water partition coefficient (Wildman–Crippen LogP) is 2.56. The number of nitro groups is 1. The second-order valence-electron chi connectivity index (χ2n) is 6.75. The van der Waals surface area contributed by atoms with Crippen LogP contribution in [0.4, 0.5) is 5.69 Å². The van der Waals surface area contributed by atoms with E-state index in [0.717, 1.165) is 0 Å². The molecule has 0 fully saturated rings. The van der Waals surface area contributed by atoms with E-state index in [4.69, 9.17) is 4.74 Å². The summed E-state index contributed by atoms with van der Waals surface area (Å²) >= 11 is 0. The van der Waals surface area contributed by atoms with Crippen LogP contribution in [0.15, 0.2) is 24.4 Å². The fourth-order valence-corrected chi connectivity index (χ4v) is 2.50. The molecule has 1 N–H and O–H groups in total. The first-order valence-electron chi connectivity index (χ1n) is 7.77. The molecule has 134 valence electrons. The van der Waals surface area contributed by atoms with Crippen LogP contribution in [0.2, 0.25) is 0 Å². The molecule has 1 amide bonds. The van der Waals surface area contributed by atoms with Crippen molar-refractivity contribution in [2.75, 3.05) is 7.11 Å². The van der Waals surface area contributed by atoms with Crippen molar-refractivity contribution in [3.8, 4) is 5.75 Å². The van der Waals surface area contributed by atoms with Gasteiger partial charge in [-0.1, -0.05) is 20.8 Å². The summed E-state index contributed by atoms with van der Waals surface area (Å²) in [5.74, 6) is 0.194. The van der Waals surface area contributed by atoms with E-state index in [1.807, 2.05) is 20.8 Å². The fraction of sp³-hybridized carbons (Fsp3) is 0.412. The molecule has 1 aromatic carbocycles. The Kier molecular flexibility index (Phi) is 5.10. The molecule has 25 heavy (non-hydrogen) atoms. The second-order valence-corrected chi connectivity index (χ2v) is 6.75. The molecular weight excluding hydrogens is 324 g/mol. The van der Waals surface area contributed by atoms with Crippen molar-refractivity contribution in [3.05, 3.63) is 51.3 Å². The maximum absolute atomic E-state index is 12.6. The molecule has 0 saturated heterocycles. The van der Waals surface area contributed by atoms with E-state index in [1.165, 1.54) is 25.3 Å². The molecule has 8 heteroatoms. The van der Waals surface area contributed by atoms with Crippen molar-refractivity contribution in [2.24, 2.45) is 7.05 Å². The van der Waals surface area contributed by atoms with Crippen molar-refractivity contribution in [2.45, 2.75) is 32.7 Å². The van der Waals surface area contributed by atoms with Crippen LogP contribution >= 0.6 is 0 Å². The summed E-state index contributed by atoms with van der Waals surface area (Å²) in [6, 6.07) is 4.28. The van der Waals surface area contributed by atoms with Gasteiger partial charge in [-0.2, -0.15) is 5.10 Å². The van der Waals surface area contributed by atoms with Crippen LogP contribution in [0, 0.1) is 10.1 Å². The summed E-state index contributed by atoms with van der Waals surface area (Å²) in [5, 5.41) is 18.1. The van der Waals surface area contributed by atoms with Crippen molar-refractivity contribution < 1.29 is 14.5 Å². The Balaban J connectivity index is 2.24. The maximum Gasteiger partial charge on any atom is 0.270 e. The Labute approximate surface area is 145 Å². The zero-order chi connectivity index (χ0) is 18.8. The average molecular weight is 346 g/mol. The number of hydrogen-bond donors (Lipinski definition) is 1. The van der Waals surface area contributed by atoms with E-state index < -0.39 is 4.92 Å². The first-order valence-corrected chi connectivity index (χ1v) is 7.77. The van der Waals surface area contributed by atoms with E-state index in [-0.39, 0.29) is 23.6 Å². The molecule has 0 aliphatic carbocycles. The van der Waals surface area contributed by atoms with Gasteiger partial charge >= 0.3 is 0 Å². The largest absolute Gasteiger partial charge is 0.496 e. The van der Waals surface area contributed by atoms with E-state index in [1.54, 1.807) is 17.9 Å². The van der Waals surface area contributed by atoms with Gasteiger partial charge in [0.15, 0.2) is 0 Å². The minimum absolute atomic E-state index is 0.0539. The van der Waals surface area contributed by atoms with Gasteiger partial charge in [-0.25, -0.2) is 0 Å². The minimum Gasteiger partial charge on any atom is -0.496 e. The fourth-order valence-electron chi connectivity index (χ4n) is 2.50. The smallest absolute Gasteiger partial charge is 0.270 e. The molecule has 0 unspecified atom stereocenters. The molecule has 0 radical (unpaired) electrons.